The first-order valence-corrected chi connectivity index (χ1v) is 7.14. The molecule has 0 amide bonds. The molecule has 0 fully saturated rings. The van der Waals surface area contributed by atoms with Crippen LogP contribution in [0, 0.1) is 0 Å². The second-order valence-electron chi connectivity index (χ2n) is 4.75. The van der Waals surface area contributed by atoms with Crippen molar-refractivity contribution in [2.24, 2.45) is 0 Å². The summed E-state index contributed by atoms with van der Waals surface area (Å²) in [7, 11) is 0. The summed E-state index contributed by atoms with van der Waals surface area (Å²) in [4.78, 5) is 3.17. The zero-order valence-electron chi connectivity index (χ0n) is 10.5. The van der Waals surface area contributed by atoms with E-state index in [0.717, 1.165) is 35.1 Å². The lowest BCUT2D eigenvalue weighted by Gasteiger charge is -2.31. The van der Waals surface area contributed by atoms with Crippen LogP contribution in [0.1, 0.15) is 16.7 Å². The molecule has 3 rings (SSSR count). The van der Waals surface area contributed by atoms with Gasteiger partial charge in [-0.3, -0.25) is 0 Å². The Kier molecular flexibility index (Phi) is 3.54. The van der Waals surface area contributed by atoms with Gasteiger partial charge in [-0.25, -0.2) is 0 Å². The number of nitrogens with zero attached hydrogens (tertiary/aromatic N) is 1. The Hall–Kier alpha value is -1.38. The second kappa shape index (κ2) is 5.32. The van der Waals surface area contributed by atoms with Gasteiger partial charge in [-0.15, -0.1) is 0 Å². The van der Waals surface area contributed by atoms with Gasteiger partial charge in [0.05, 0.1) is 0 Å². The summed E-state index contributed by atoms with van der Waals surface area (Å²) in [5.41, 5.74) is 3.89. The highest BCUT2D eigenvalue weighted by molar-refractivity contribution is 7.80. The van der Waals surface area contributed by atoms with Crippen molar-refractivity contribution in [3.63, 3.8) is 0 Å². The highest BCUT2D eigenvalue weighted by Crippen LogP contribution is 2.21. The van der Waals surface area contributed by atoms with Gasteiger partial charge < -0.3 is 4.90 Å². The van der Waals surface area contributed by atoms with Gasteiger partial charge in [0.2, 0.25) is 0 Å². The van der Waals surface area contributed by atoms with Gasteiger partial charge in [-0.1, -0.05) is 60.2 Å². The summed E-state index contributed by atoms with van der Waals surface area (Å²) in [6, 6.07) is 16.3. The Morgan fingerprint density at radius 2 is 1.68 bits per heavy atom. The standard InChI is InChI=1S/C16H14ClNS/c17-15-7-5-13(6-8-15)16(19)18-10-9-12-3-1-2-4-14(12)11-18/h1-8H,9-11H2. The molecule has 0 unspecified atom stereocenters. The Labute approximate surface area is 123 Å². The normalized spacial score (nSPS) is 14.1. The van der Waals surface area contributed by atoms with E-state index in [-0.39, 0.29) is 0 Å². The lowest BCUT2D eigenvalue weighted by atomic mass is 9.99. The van der Waals surface area contributed by atoms with Crippen LogP contribution in [0.2, 0.25) is 5.02 Å². The van der Waals surface area contributed by atoms with E-state index in [1.54, 1.807) is 0 Å². The largest absolute Gasteiger partial charge is 0.358 e. The smallest absolute Gasteiger partial charge is 0.109 e. The molecule has 2 aromatic rings. The highest BCUT2D eigenvalue weighted by Gasteiger charge is 2.18. The number of rotatable bonds is 1. The first-order valence-electron chi connectivity index (χ1n) is 6.35. The summed E-state index contributed by atoms with van der Waals surface area (Å²) >= 11 is 11.5. The van der Waals surface area contributed by atoms with E-state index in [1.807, 2.05) is 24.3 Å². The molecule has 0 saturated heterocycles. The van der Waals surface area contributed by atoms with E-state index in [2.05, 4.69) is 29.2 Å². The van der Waals surface area contributed by atoms with Gasteiger partial charge >= 0.3 is 0 Å². The van der Waals surface area contributed by atoms with Crippen LogP contribution >= 0.6 is 23.8 Å². The average Bonchev–Trinajstić information content (AvgIpc) is 2.47. The molecule has 0 spiro atoms. The molecule has 1 aliphatic rings. The molecular weight excluding hydrogens is 274 g/mol. The maximum atomic E-state index is 5.91. The zero-order valence-corrected chi connectivity index (χ0v) is 12.0. The Balaban J connectivity index is 1.81. The van der Waals surface area contributed by atoms with Crippen LogP contribution < -0.4 is 0 Å². The molecule has 3 heteroatoms. The van der Waals surface area contributed by atoms with Gasteiger partial charge in [0.25, 0.3) is 0 Å². The van der Waals surface area contributed by atoms with Crippen LogP contribution in [-0.2, 0) is 13.0 Å². The fraction of sp³-hybridized carbons (Fsp3) is 0.188. The van der Waals surface area contributed by atoms with E-state index in [4.69, 9.17) is 23.8 Å². The predicted molar refractivity (Wildman–Crippen MR) is 83.7 cm³/mol. The first-order chi connectivity index (χ1) is 9.24. The van der Waals surface area contributed by atoms with Gasteiger partial charge in [0, 0.05) is 23.7 Å². The van der Waals surface area contributed by atoms with Crippen molar-refractivity contribution in [3.8, 4) is 0 Å². The van der Waals surface area contributed by atoms with Gasteiger partial charge in [0.15, 0.2) is 0 Å². The molecule has 0 bridgehead atoms. The number of halogens is 1. The van der Waals surface area contributed by atoms with Crippen LogP contribution in [0.4, 0.5) is 0 Å². The quantitative estimate of drug-likeness (QED) is 0.727. The Morgan fingerprint density at radius 3 is 2.42 bits per heavy atom. The average molecular weight is 288 g/mol. The number of hydrogen-bond acceptors (Lipinski definition) is 1. The molecule has 0 saturated carbocycles. The second-order valence-corrected chi connectivity index (χ2v) is 5.58. The fourth-order valence-corrected chi connectivity index (χ4v) is 2.86. The third-order valence-electron chi connectivity index (χ3n) is 3.51. The van der Waals surface area contributed by atoms with Crippen molar-refractivity contribution >= 4 is 28.8 Å². The number of hydrogen-bond donors (Lipinski definition) is 0. The van der Waals surface area contributed by atoms with E-state index in [0.29, 0.717) is 0 Å². The third-order valence-corrected chi connectivity index (χ3v) is 4.25. The summed E-state index contributed by atoms with van der Waals surface area (Å²) in [5.74, 6) is 0. The van der Waals surface area contributed by atoms with Crippen molar-refractivity contribution in [1.82, 2.24) is 4.90 Å². The van der Waals surface area contributed by atoms with Crippen LogP contribution in [0.3, 0.4) is 0 Å². The van der Waals surface area contributed by atoms with Crippen molar-refractivity contribution in [3.05, 3.63) is 70.2 Å². The first kappa shape index (κ1) is 12.6. The summed E-state index contributed by atoms with van der Waals surface area (Å²) in [6.45, 7) is 1.89. The number of fused-ring (bicyclic) bond motifs is 1. The monoisotopic (exact) mass is 287 g/mol. The van der Waals surface area contributed by atoms with E-state index in [9.17, 15) is 0 Å². The number of benzene rings is 2. The molecule has 2 aromatic carbocycles. The minimum Gasteiger partial charge on any atom is -0.358 e. The molecular formula is C16H14ClNS. The van der Waals surface area contributed by atoms with Crippen molar-refractivity contribution < 1.29 is 0 Å². The molecule has 1 aliphatic heterocycles. The summed E-state index contributed by atoms with van der Waals surface area (Å²) < 4.78 is 0. The molecule has 96 valence electrons. The molecule has 0 aliphatic carbocycles. The van der Waals surface area contributed by atoms with Crippen LogP contribution in [0.15, 0.2) is 48.5 Å². The molecule has 0 radical (unpaired) electrons. The topological polar surface area (TPSA) is 3.24 Å². The van der Waals surface area contributed by atoms with Crippen LogP contribution in [-0.4, -0.2) is 16.4 Å². The van der Waals surface area contributed by atoms with E-state index in [1.165, 1.54) is 11.1 Å². The van der Waals surface area contributed by atoms with E-state index >= 15 is 0 Å². The highest BCUT2D eigenvalue weighted by atomic mass is 35.5. The van der Waals surface area contributed by atoms with Crippen LogP contribution in [0.5, 0.6) is 0 Å². The lowest BCUT2D eigenvalue weighted by Crippen LogP contribution is -2.35. The summed E-state index contributed by atoms with van der Waals surface area (Å²) in [6.07, 6.45) is 1.06. The zero-order chi connectivity index (χ0) is 13.2. The van der Waals surface area contributed by atoms with Crippen molar-refractivity contribution in [2.75, 3.05) is 6.54 Å². The van der Waals surface area contributed by atoms with Gasteiger partial charge in [-0.05, 0) is 29.7 Å². The summed E-state index contributed by atoms with van der Waals surface area (Å²) in [5, 5.41) is 0.746. The Bertz CT molecular complexity index is 606. The minimum absolute atomic E-state index is 0.746. The molecule has 19 heavy (non-hydrogen) atoms. The van der Waals surface area contributed by atoms with Gasteiger partial charge in [-0.2, -0.15) is 0 Å². The molecule has 0 N–H and O–H groups in total. The maximum absolute atomic E-state index is 5.91. The van der Waals surface area contributed by atoms with Crippen molar-refractivity contribution in [1.29, 1.82) is 0 Å². The maximum Gasteiger partial charge on any atom is 0.109 e. The Morgan fingerprint density at radius 1 is 1.00 bits per heavy atom. The molecule has 1 heterocycles. The predicted octanol–water partition coefficient (Wildman–Crippen LogP) is 4.07. The van der Waals surface area contributed by atoms with Crippen molar-refractivity contribution in [2.45, 2.75) is 13.0 Å². The lowest BCUT2D eigenvalue weighted by molar-refractivity contribution is 0.401. The van der Waals surface area contributed by atoms with E-state index < -0.39 is 0 Å². The van der Waals surface area contributed by atoms with Gasteiger partial charge in [0.1, 0.15) is 4.99 Å². The molecule has 0 aromatic heterocycles. The van der Waals surface area contributed by atoms with Crippen LogP contribution in [0.25, 0.3) is 0 Å². The third kappa shape index (κ3) is 2.65. The molecule has 1 nitrogen and oxygen atoms in total. The minimum atomic E-state index is 0.746. The fourth-order valence-electron chi connectivity index (χ4n) is 2.44. The molecule has 0 atom stereocenters. The number of thiocarbonyl (C=S) groups is 1. The SMILES string of the molecule is S=C(c1ccc(Cl)cc1)N1CCc2ccccc2C1.